The fraction of sp³-hybridized carbons (Fsp3) is 1.00. The molecule has 0 amide bonds. The maximum absolute atomic E-state index is 6.22. The summed E-state index contributed by atoms with van der Waals surface area (Å²) in [5, 5.41) is 0. The van der Waals surface area contributed by atoms with E-state index in [2.05, 4.69) is 4.90 Å². The van der Waals surface area contributed by atoms with Gasteiger partial charge in [-0.25, -0.2) is 0 Å². The molecule has 1 saturated heterocycles. The highest BCUT2D eigenvalue weighted by molar-refractivity contribution is 6.60. The van der Waals surface area contributed by atoms with E-state index in [4.69, 9.17) is 22.8 Å². The van der Waals surface area contributed by atoms with Gasteiger partial charge in [0.1, 0.15) is 0 Å². The molecule has 1 rings (SSSR count). The SMILES string of the molecule is COCCN1CCC[Si](OC)(OC)OC(COC(C)C)C1. The van der Waals surface area contributed by atoms with Crippen molar-refractivity contribution >= 4 is 8.80 Å². The number of nitrogens with zero attached hydrogens (tertiary/aromatic N) is 1. The molecule has 0 aromatic carbocycles. The van der Waals surface area contributed by atoms with Crippen molar-refractivity contribution in [3.8, 4) is 0 Å². The molecule has 1 atom stereocenters. The Kier molecular flexibility index (Phi) is 8.96. The summed E-state index contributed by atoms with van der Waals surface area (Å²) in [7, 11) is 2.54. The van der Waals surface area contributed by atoms with Crippen LogP contribution in [0.1, 0.15) is 20.3 Å². The number of hydrogen-bond acceptors (Lipinski definition) is 6. The van der Waals surface area contributed by atoms with Gasteiger partial charge in [0.05, 0.1) is 25.4 Å². The predicted molar refractivity (Wildman–Crippen MR) is 83.5 cm³/mol. The second-order valence-electron chi connectivity index (χ2n) is 5.61. The summed E-state index contributed by atoms with van der Waals surface area (Å²) in [5.74, 6) is 0. The van der Waals surface area contributed by atoms with Crippen LogP contribution in [0.3, 0.4) is 0 Å². The fourth-order valence-electron chi connectivity index (χ4n) is 2.44. The Labute approximate surface area is 130 Å². The molecule has 0 bridgehead atoms. The van der Waals surface area contributed by atoms with Gasteiger partial charge >= 0.3 is 8.80 Å². The van der Waals surface area contributed by atoms with Gasteiger partial charge in [0.25, 0.3) is 0 Å². The lowest BCUT2D eigenvalue weighted by Gasteiger charge is -2.37. The van der Waals surface area contributed by atoms with Crippen molar-refractivity contribution in [2.75, 3.05) is 54.2 Å². The highest BCUT2D eigenvalue weighted by Gasteiger charge is 2.42. The van der Waals surface area contributed by atoms with E-state index in [1.807, 2.05) is 13.8 Å². The number of hydrogen-bond donors (Lipinski definition) is 0. The van der Waals surface area contributed by atoms with E-state index in [-0.39, 0.29) is 12.2 Å². The Hall–Kier alpha value is -0.0231. The Morgan fingerprint density at radius 1 is 1.24 bits per heavy atom. The van der Waals surface area contributed by atoms with Gasteiger partial charge in [0.2, 0.25) is 0 Å². The second-order valence-corrected chi connectivity index (χ2v) is 8.53. The number of rotatable bonds is 8. The minimum Gasteiger partial charge on any atom is -0.383 e. The van der Waals surface area contributed by atoms with Crippen LogP contribution in [-0.4, -0.2) is 80.1 Å². The van der Waals surface area contributed by atoms with Crippen LogP contribution in [0.15, 0.2) is 0 Å². The summed E-state index contributed by atoms with van der Waals surface area (Å²) in [5.41, 5.74) is 0. The van der Waals surface area contributed by atoms with Gasteiger partial charge in [-0.1, -0.05) is 0 Å². The van der Waals surface area contributed by atoms with Crippen LogP contribution in [0, 0.1) is 0 Å². The van der Waals surface area contributed by atoms with E-state index in [1.165, 1.54) is 0 Å². The lowest BCUT2D eigenvalue weighted by Crippen LogP contribution is -2.53. The van der Waals surface area contributed by atoms with Crippen LogP contribution in [0.4, 0.5) is 0 Å². The summed E-state index contributed by atoms with van der Waals surface area (Å²) < 4.78 is 28.4. The molecule has 0 saturated carbocycles. The molecule has 0 spiro atoms. The maximum Gasteiger partial charge on any atom is 0.500 e. The predicted octanol–water partition coefficient (Wildman–Crippen LogP) is 1.38. The largest absolute Gasteiger partial charge is 0.500 e. The van der Waals surface area contributed by atoms with E-state index in [0.717, 1.165) is 38.7 Å². The average molecular weight is 321 g/mol. The zero-order valence-corrected chi connectivity index (χ0v) is 15.1. The standard InChI is InChI=1S/C14H31NO5Si/c1-13(2)19-12-14-11-15(8-9-16-3)7-6-10-21(17-4,18-5)20-14/h13-14H,6-12H2,1-5H3. The molecule has 126 valence electrons. The zero-order valence-electron chi connectivity index (χ0n) is 14.1. The third kappa shape index (κ3) is 6.73. The van der Waals surface area contributed by atoms with Crippen molar-refractivity contribution in [2.45, 2.75) is 38.5 Å². The zero-order chi connectivity index (χ0) is 15.7. The molecule has 1 unspecified atom stereocenters. The molecule has 6 nitrogen and oxygen atoms in total. The summed E-state index contributed by atoms with van der Waals surface area (Å²) >= 11 is 0. The van der Waals surface area contributed by atoms with Crippen molar-refractivity contribution in [1.82, 2.24) is 4.90 Å². The molecule has 1 fully saturated rings. The monoisotopic (exact) mass is 321 g/mol. The lowest BCUT2D eigenvalue weighted by molar-refractivity contribution is -0.0385. The minimum absolute atomic E-state index is 0.0314. The third-order valence-electron chi connectivity index (χ3n) is 3.61. The Balaban J connectivity index is 2.67. The van der Waals surface area contributed by atoms with Crippen LogP contribution in [-0.2, 0) is 22.8 Å². The fourth-order valence-corrected chi connectivity index (χ4v) is 4.57. The summed E-state index contributed by atoms with van der Waals surface area (Å²) in [6.07, 6.45) is 1.17. The average Bonchev–Trinajstić information content (AvgIpc) is 2.45. The van der Waals surface area contributed by atoms with E-state index in [0.29, 0.717) is 6.61 Å². The molecule has 0 aromatic rings. The number of ether oxygens (including phenoxy) is 2. The van der Waals surface area contributed by atoms with Gasteiger partial charge in [0, 0.05) is 40.5 Å². The topological polar surface area (TPSA) is 49.4 Å². The molecular formula is C14H31NO5Si. The van der Waals surface area contributed by atoms with Crippen LogP contribution in [0.5, 0.6) is 0 Å². The summed E-state index contributed by atoms with van der Waals surface area (Å²) in [6, 6.07) is 0.835. The van der Waals surface area contributed by atoms with E-state index >= 15 is 0 Å². The first-order valence-corrected chi connectivity index (χ1v) is 9.59. The molecule has 1 aliphatic heterocycles. The van der Waals surface area contributed by atoms with Crippen molar-refractivity contribution in [3.05, 3.63) is 0 Å². The van der Waals surface area contributed by atoms with Crippen LogP contribution in [0.25, 0.3) is 0 Å². The number of methoxy groups -OCH3 is 1. The molecule has 7 heteroatoms. The summed E-state index contributed by atoms with van der Waals surface area (Å²) in [4.78, 5) is 2.36. The Morgan fingerprint density at radius 2 is 1.95 bits per heavy atom. The van der Waals surface area contributed by atoms with E-state index in [9.17, 15) is 0 Å². The Bertz CT molecular complexity index is 276. The van der Waals surface area contributed by atoms with Gasteiger partial charge in [-0.2, -0.15) is 0 Å². The first kappa shape index (κ1) is 19.0. The normalized spacial score (nSPS) is 24.0. The van der Waals surface area contributed by atoms with Gasteiger partial charge in [-0.15, -0.1) is 0 Å². The lowest BCUT2D eigenvalue weighted by atomic mass is 10.3. The van der Waals surface area contributed by atoms with Crippen LogP contribution >= 0.6 is 0 Å². The van der Waals surface area contributed by atoms with E-state index in [1.54, 1.807) is 21.3 Å². The highest BCUT2D eigenvalue weighted by atomic mass is 28.4. The van der Waals surface area contributed by atoms with E-state index < -0.39 is 8.80 Å². The first-order valence-electron chi connectivity index (χ1n) is 7.66. The molecule has 0 radical (unpaired) electrons. The minimum atomic E-state index is -2.55. The smallest absolute Gasteiger partial charge is 0.383 e. The Morgan fingerprint density at radius 3 is 2.52 bits per heavy atom. The van der Waals surface area contributed by atoms with Crippen molar-refractivity contribution in [3.63, 3.8) is 0 Å². The van der Waals surface area contributed by atoms with Gasteiger partial charge in [0.15, 0.2) is 0 Å². The molecule has 1 heterocycles. The van der Waals surface area contributed by atoms with Crippen molar-refractivity contribution < 1.29 is 22.8 Å². The molecule has 0 N–H and O–H groups in total. The molecule has 0 aliphatic carbocycles. The first-order chi connectivity index (χ1) is 10.0. The maximum atomic E-state index is 6.22. The molecule has 1 aliphatic rings. The quantitative estimate of drug-likeness (QED) is 0.630. The van der Waals surface area contributed by atoms with Gasteiger partial charge in [-0.05, 0) is 26.8 Å². The van der Waals surface area contributed by atoms with Gasteiger partial charge < -0.3 is 22.8 Å². The second kappa shape index (κ2) is 9.89. The third-order valence-corrected chi connectivity index (χ3v) is 6.52. The van der Waals surface area contributed by atoms with Crippen LogP contribution in [0.2, 0.25) is 6.04 Å². The molecule has 0 aromatic heterocycles. The van der Waals surface area contributed by atoms with Gasteiger partial charge in [-0.3, -0.25) is 4.90 Å². The molecular weight excluding hydrogens is 290 g/mol. The van der Waals surface area contributed by atoms with Crippen molar-refractivity contribution in [2.24, 2.45) is 0 Å². The summed E-state index contributed by atoms with van der Waals surface area (Å²) in [6.45, 7) is 8.08. The van der Waals surface area contributed by atoms with Crippen molar-refractivity contribution in [1.29, 1.82) is 0 Å². The molecule has 21 heavy (non-hydrogen) atoms. The van der Waals surface area contributed by atoms with Crippen LogP contribution < -0.4 is 0 Å². The highest BCUT2D eigenvalue weighted by Crippen LogP contribution is 2.22.